The van der Waals surface area contributed by atoms with Gasteiger partial charge in [0.1, 0.15) is 0 Å². The summed E-state index contributed by atoms with van der Waals surface area (Å²) >= 11 is 0. The molecular formula is C15H16O5. The van der Waals surface area contributed by atoms with Crippen molar-refractivity contribution in [3.8, 4) is 17.2 Å². The number of allylic oxidation sites excluding steroid dienone is 1. The summed E-state index contributed by atoms with van der Waals surface area (Å²) in [5, 5.41) is 19.8. The van der Waals surface area contributed by atoms with Crippen LogP contribution in [0.5, 0.6) is 17.2 Å². The van der Waals surface area contributed by atoms with E-state index in [2.05, 4.69) is 0 Å². The van der Waals surface area contributed by atoms with Crippen LogP contribution in [0.2, 0.25) is 0 Å². The Morgan fingerprint density at radius 2 is 2.10 bits per heavy atom. The van der Waals surface area contributed by atoms with Crippen LogP contribution < -0.4 is 10.4 Å². The van der Waals surface area contributed by atoms with E-state index >= 15 is 0 Å². The van der Waals surface area contributed by atoms with Crippen LogP contribution in [0.25, 0.3) is 11.0 Å². The van der Waals surface area contributed by atoms with Crippen molar-refractivity contribution in [1.82, 2.24) is 0 Å². The highest BCUT2D eigenvalue weighted by Crippen LogP contribution is 2.35. The van der Waals surface area contributed by atoms with Gasteiger partial charge in [0.25, 0.3) is 0 Å². The summed E-state index contributed by atoms with van der Waals surface area (Å²) < 4.78 is 10.3. The number of aromatic hydroxyl groups is 2. The molecule has 1 heterocycles. The highest BCUT2D eigenvalue weighted by Gasteiger charge is 2.16. The number of ether oxygens (including phenoxy) is 1. The molecule has 1 aromatic carbocycles. The Balaban J connectivity index is 2.36. The molecule has 0 amide bonds. The average Bonchev–Trinajstić information content (AvgIpc) is 2.44. The molecule has 0 saturated heterocycles. The lowest BCUT2D eigenvalue weighted by Gasteiger charge is -2.09. The fourth-order valence-corrected chi connectivity index (χ4v) is 1.83. The molecule has 20 heavy (non-hydrogen) atoms. The molecule has 2 rings (SSSR count). The molecule has 0 aliphatic heterocycles. The lowest BCUT2D eigenvalue weighted by Crippen LogP contribution is -2.04. The van der Waals surface area contributed by atoms with Gasteiger partial charge in [0.15, 0.2) is 17.1 Å². The number of fused-ring (bicyclic) bond motifs is 1. The summed E-state index contributed by atoms with van der Waals surface area (Å²) in [4.78, 5) is 11.5. The van der Waals surface area contributed by atoms with Crippen molar-refractivity contribution >= 4 is 11.0 Å². The van der Waals surface area contributed by atoms with Crippen molar-refractivity contribution in [2.75, 3.05) is 6.61 Å². The van der Waals surface area contributed by atoms with E-state index in [-0.39, 0.29) is 17.1 Å². The first-order valence-electron chi connectivity index (χ1n) is 6.40. The van der Waals surface area contributed by atoms with Gasteiger partial charge in [-0.15, -0.1) is 0 Å². The quantitative estimate of drug-likeness (QED) is 0.498. The normalized spacial score (nSPS) is 11.2. The predicted molar refractivity (Wildman–Crippen MR) is 75.4 cm³/mol. The molecule has 0 atom stereocenters. The molecule has 0 fully saturated rings. The lowest BCUT2D eigenvalue weighted by atomic mass is 10.2. The Labute approximate surface area is 115 Å². The Morgan fingerprint density at radius 3 is 2.85 bits per heavy atom. The zero-order valence-electron chi connectivity index (χ0n) is 11.1. The van der Waals surface area contributed by atoms with Crippen molar-refractivity contribution in [3.05, 3.63) is 40.8 Å². The molecule has 0 aliphatic carbocycles. The Hall–Kier alpha value is -2.43. The average molecular weight is 276 g/mol. The highest BCUT2D eigenvalue weighted by molar-refractivity contribution is 5.89. The van der Waals surface area contributed by atoms with Crippen molar-refractivity contribution in [1.29, 1.82) is 0 Å². The van der Waals surface area contributed by atoms with E-state index in [0.717, 1.165) is 6.42 Å². The van der Waals surface area contributed by atoms with Gasteiger partial charge in [-0.25, -0.2) is 4.79 Å². The van der Waals surface area contributed by atoms with E-state index in [1.807, 2.05) is 19.1 Å². The number of para-hydroxylation sites is 1. The van der Waals surface area contributed by atoms with E-state index in [0.29, 0.717) is 18.4 Å². The van der Waals surface area contributed by atoms with Crippen molar-refractivity contribution in [2.45, 2.75) is 19.8 Å². The summed E-state index contributed by atoms with van der Waals surface area (Å²) in [6.07, 6.45) is 5.57. The number of rotatable bonds is 5. The van der Waals surface area contributed by atoms with E-state index in [1.54, 1.807) is 12.1 Å². The van der Waals surface area contributed by atoms with Gasteiger partial charge in [-0.2, -0.15) is 0 Å². The van der Waals surface area contributed by atoms with Gasteiger partial charge in [-0.05, 0) is 25.0 Å². The summed E-state index contributed by atoms with van der Waals surface area (Å²) in [7, 11) is 0. The minimum absolute atomic E-state index is 0.00870. The fourth-order valence-electron chi connectivity index (χ4n) is 1.83. The highest BCUT2D eigenvalue weighted by atomic mass is 16.5. The largest absolute Gasteiger partial charge is 0.504 e. The monoisotopic (exact) mass is 276 g/mol. The Morgan fingerprint density at radius 1 is 1.30 bits per heavy atom. The molecule has 2 N–H and O–H groups in total. The van der Waals surface area contributed by atoms with E-state index < -0.39 is 11.4 Å². The van der Waals surface area contributed by atoms with Crippen LogP contribution in [0.1, 0.15) is 19.8 Å². The fraction of sp³-hybridized carbons (Fsp3) is 0.267. The SMILES string of the molecule is CCC=CCCOc1c(O)c(=O)oc2c(O)cccc12. The smallest absolute Gasteiger partial charge is 0.382 e. The van der Waals surface area contributed by atoms with Gasteiger partial charge < -0.3 is 19.4 Å². The van der Waals surface area contributed by atoms with E-state index in [9.17, 15) is 15.0 Å². The first-order valence-corrected chi connectivity index (χ1v) is 6.40. The zero-order chi connectivity index (χ0) is 14.5. The Bertz CT molecular complexity index is 684. The van der Waals surface area contributed by atoms with Crippen LogP contribution in [0.15, 0.2) is 39.6 Å². The third kappa shape index (κ3) is 2.77. The number of phenolic OH excluding ortho intramolecular Hbond substituents is 1. The molecule has 0 bridgehead atoms. The third-order valence-corrected chi connectivity index (χ3v) is 2.78. The summed E-state index contributed by atoms with van der Waals surface area (Å²) in [5.74, 6) is -0.713. The molecule has 5 nitrogen and oxygen atoms in total. The molecule has 0 saturated carbocycles. The third-order valence-electron chi connectivity index (χ3n) is 2.78. The molecule has 5 heteroatoms. The van der Waals surface area contributed by atoms with Gasteiger partial charge in [0.05, 0.1) is 12.0 Å². The van der Waals surface area contributed by atoms with E-state index in [4.69, 9.17) is 9.15 Å². The molecule has 106 valence electrons. The summed E-state index contributed by atoms with van der Waals surface area (Å²) in [6.45, 7) is 2.35. The van der Waals surface area contributed by atoms with Crippen molar-refractivity contribution in [3.63, 3.8) is 0 Å². The Kier molecular flexibility index (Phi) is 4.30. The van der Waals surface area contributed by atoms with Crippen LogP contribution >= 0.6 is 0 Å². The molecular weight excluding hydrogens is 260 g/mol. The second-order valence-electron chi connectivity index (χ2n) is 4.24. The predicted octanol–water partition coefficient (Wildman–Crippen LogP) is 2.94. The summed E-state index contributed by atoms with van der Waals surface area (Å²) in [5.41, 5.74) is -0.924. The molecule has 0 unspecified atom stereocenters. The lowest BCUT2D eigenvalue weighted by molar-refractivity contribution is 0.300. The standard InChI is InChI=1S/C15H16O5/c1-2-3-4-5-9-19-14-10-7-6-8-11(16)13(10)20-15(18)12(14)17/h3-4,6-8,16-17H,2,5,9H2,1H3. The minimum atomic E-state index is -0.932. The van der Waals surface area contributed by atoms with Crippen LogP contribution in [0, 0.1) is 0 Å². The zero-order valence-corrected chi connectivity index (χ0v) is 11.1. The number of benzene rings is 1. The minimum Gasteiger partial charge on any atom is -0.504 e. The van der Waals surface area contributed by atoms with Gasteiger partial charge in [0, 0.05) is 0 Å². The molecule has 0 aliphatic rings. The van der Waals surface area contributed by atoms with Gasteiger partial charge in [-0.3, -0.25) is 0 Å². The first kappa shape index (κ1) is 14.0. The van der Waals surface area contributed by atoms with Crippen molar-refractivity contribution in [2.24, 2.45) is 0 Å². The van der Waals surface area contributed by atoms with Gasteiger partial charge in [0.2, 0.25) is 5.75 Å². The molecule has 0 spiro atoms. The van der Waals surface area contributed by atoms with Crippen molar-refractivity contribution < 1.29 is 19.4 Å². The molecule has 1 aromatic heterocycles. The first-order chi connectivity index (χ1) is 9.65. The van der Waals surface area contributed by atoms with Crippen LogP contribution in [0.3, 0.4) is 0 Å². The number of hydrogen-bond donors (Lipinski definition) is 2. The maximum atomic E-state index is 11.5. The second kappa shape index (κ2) is 6.14. The maximum absolute atomic E-state index is 11.5. The van der Waals surface area contributed by atoms with Crippen LogP contribution in [-0.4, -0.2) is 16.8 Å². The van der Waals surface area contributed by atoms with Gasteiger partial charge in [-0.1, -0.05) is 25.1 Å². The molecule has 0 radical (unpaired) electrons. The van der Waals surface area contributed by atoms with Crippen LogP contribution in [-0.2, 0) is 0 Å². The second-order valence-corrected chi connectivity index (χ2v) is 4.24. The summed E-state index contributed by atoms with van der Waals surface area (Å²) in [6, 6.07) is 4.59. The van der Waals surface area contributed by atoms with Crippen LogP contribution in [0.4, 0.5) is 0 Å². The topological polar surface area (TPSA) is 79.9 Å². The molecule has 2 aromatic rings. The van der Waals surface area contributed by atoms with Gasteiger partial charge >= 0.3 is 5.63 Å². The number of phenols is 1. The number of hydrogen-bond acceptors (Lipinski definition) is 5. The maximum Gasteiger partial charge on any atom is 0.382 e. The van der Waals surface area contributed by atoms with E-state index in [1.165, 1.54) is 6.07 Å².